The maximum Gasteiger partial charge on any atom is 0.276 e. The van der Waals surface area contributed by atoms with E-state index in [4.69, 9.17) is 9.47 Å². The van der Waals surface area contributed by atoms with E-state index in [0.717, 1.165) is 17.7 Å². The van der Waals surface area contributed by atoms with Gasteiger partial charge in [-0.15, -0.1) is 0 Å². The number of ether oxygens (including phenoxy) is 2. The number of amides is 2. The van der Waals surface area contributed by atoms with Gasteiger partial charge in [-0.05, 0) is 62.4 Å². The summed E-state index contributed by atoms with van der Waals surface area (Å²) in [6.07, 6.45) is 3.50. The minimum absolute atomic E-state index is 0.0385. The summed E-state index contributed by atoms with van der Waals surface area (Å²) in [6, 6.07) is 4.54. The van der Waals surface area contributed by atoms with Crippen LogP contribution in [0.25, 0.3) is 0 Å². The molecular weight excluding hydrogens is 459 g/mol. The average Bonchev–Trinajstić information content (AvgIpc) is 3.49. The number of aromatic nitrogens is 1. The third kappa shape index (κ3) is 4.18. The van der Waals surface area contributed by atoms with Crippen molar-refractivity contribution in [3.05, 3.63) is 41.5 Å². The van der Waals surface area contributed by atoms with E-state index in [1.807, 2.05) is 18.0 Å². The molecule has 0 radical (unpaired) electrons. The second-order valence-electron chi connectivity index (χ2n) is 9.49. The topological polar surface area (TPSA) is 84.8 Å². The highest BCUT2D eigenvalue weighted by molar-refractivity contribution is 7.97. The van der Waals surface area contributed by atoms with Crippen LogP contribution >= 0.6 is 11.9 Å². The summed E-state index contributed by atoms with van der Waals surface area (Å²) in [6.45, 7) is 5.71. The van der Waals surface area contributed by atoms with Crippen LogP contribution in [0.1, 0.15) is 35.8 Å². The Morgan fingerprint density at radius 2 is 2.15 bits per heavy atom. The van der Waals surface area contributed by atoms with Crippen molar-refractivity contribution in [2.24, 2.45) is 13.0 Å². The van der Waals surface area contributed by atoms with E-state index in [-0.39, 0.29) is 29.6 Å². The first-order valence-electron chi connectivity index (χ1n) is 11.5. The minimum Gasteiger partial charge on any atom is -0.489 e. The van der Waals surface area contributed by atoms with Gasteiger partial charge in [0.2, 0.25) is 0 Å². The van der Waals surface area contributed by atoms with Crippen molar-refractivity contribution in [1.29, 1.82) is 0 Å². The van der Waals surface area contributed by atoms with Crippen molar-refractivity contribution in [3.63, 3.8) is 0 Å². The summed E-state index contributed by atoms with van der Waals surface area (Å²) in [5, 5.41) is 2.84. The Hall–Kier alpha value is -2.56. The molecule has 2 saturated heterocycles. The lowest BCUT2D eigenvalue weighted by molar-refractivity contribution is -0.150. The molecule has 10 heteroatoms. The fraction of sp³-hybridized carbons (Fsp3) is 0.500. The molecule has 1 unspecified atom stereocenters. The van der Waals surface area contributed by atoms with Gasteiger partial charge < -0.3 is 24.3 Å². The van der Waals surface area contributed by atoms with Crippen LogP contribution in [0.3, 0.4) is 0 Å². The molecule has 1 aromatic heterocycles. The van der Waals surface area contributed by atoms with Gasteiger partial charge in [-0.2, -0.15) is 0 Å². The Morgan fingerprint density at radius 1 is 1.32 bits per heavy atom. The molecule has 0 aliphatic carbocycles. The van der Waals surface area contributed by atoms with Crippen LogP contribution in [0.4, 0.5) is 10.1 Å². The fourth-order valence-electron chi connectivity index (χ4n) is 4.92. The number of nitrogens with one attached hydrogen (secondary N) is 2. The van der Waals surface area contributed by atoms with Gasteiger partial charge in [0, 0.05) is 50.6 Å². The number of likely N-dealkylation sites (tertiary alicyclic amines) is 1. The molecule has 0 saturated carbocycles. The first-order chi connectivity index (χ1) is 16.2. The fourth-order valence-corrected chi connectivity index (χ4v) is 5.92. The number of hydrogen-bond donors (Lipinski definition) is 2. The number of aryl methyl sites for hydroxylation is 2. The predicted molar refractivity (Wildman–Crippen MR) is 126 cm³/mol. The highest BCUT2D eigenvalue weighted by Gasteiger charge is 2.45. The largest absolute Gasteiger partial charge is 0.489 e. The van der Waals surface area contributed by atoms with E-state index in [9.17, 15) is 14.0 Å². The summed E-state index contributed by atoms with van der Waals surface area (Å²) in [5.74, 6) is -0.0189. The van der Waals surface area contributed by atoms with Gasteiger partial charge >= 0.3 is 0 Å². The van der Waals surface area contributed by atoms with Gasteiger partial charge in [0.15, 0.2) is 11.4 Å². The van der Waals surface area contributed by atoms with Crippen molar-refractivity contribution in [2.75, 3.05) is 31.6 Å². The molecular formula is C24H29FN4O4S. The molecule has 1 aromatic carbocycles. The molecule has 182 valence electrons. The minimum atomic E-state index is -0.734. The SMILES string of the molecule is Cc1cc(NC(=O)c2c3c(cn2C)SN[C@@H]2CN(C(=O)C4(C)CCCO4)C[C@H]2CO3)ccc1F. The first kappa shape index (κ1) is 23.2. The lowest BCUT2D eigenvalue weighted by Gasteiger charge is -2.28. The molecule has 2 fully saturated rings. The highest BCUT2D eigenvalue weighted by Crippen LogP contribution is 2.38. The van der Waals surface area contributed by atoms with E-state index in [2.05, 4.69) is 10.0 Å². The number of nitrogens with zero attached hydrogens (tertiary/aromatic N) is 2. The Bertz CT molecular complexity index is 1130. The molecule has 3 aliphatic heterocycles. The number of halogens is 1. The quantitative estimate of drug-likeness (QED) is 0.646. The van der Waals surface area contributed by atoms with E-state index >= 15 is 0 Å². The standard InChI is InChI=1S/C24H29FN4O4S/c1-14-9-16(5-6-17(14)25)26-22(30)20-21-19(12-28(20)3)34-27-18-11-29(10-15(18)13-32-21)23(31)24(2)7-4-8-33-24/h5-6,9,12,15,18,27H,4,7-8,10-11,13H2,1-3H3,(H,26,30)/t15-,18+,24?/m0/s1. The molecule has 34 heavy (non-hydrogen) atoms. The number of carbonyl (C=O) groups is 2. The second-order valence-corrected chi connectivity index (χ2v) is 10.4. The van der Waals surface area contributed by atoms with Gasteiger partial charge in [-0.1, -0.05) is 0 Å². The van der Waals surface area contributed by atoms with Crippen LogP contribution in [-0.2, 0) is 16.6 Å². The normalized spacial score (nSPS) is 26.3. The third-order valence-electron chi connectivity index (χ3n) is 6.89. The summed E-state index contributed by atoms with van der Waals surface area (Å²) < 4.78 is 30.8. The monoisotopic (exact) mass is 488 g/mol. The van der Waals surface area contributed by atoms with Crippen molar-refractivity contribution < 1.29 is 23.5 Å². The molecule has 4 heterocycles. The Balaban J connectivity index is 1.31. The molecule has 0 bridgehead atoms. The summed E-state index contributed by atoms with van der Waals surface area (Å²) in [5.41, 5.74) is 0.631. The third-order valence-corrected chi connectivity index (χ3v) is 7.83. The molecule has 3 atom stereocenters. The maximum atomic E-state index is 13.6. The number of carbonyl (C=O) groups excluding carboxylic acids is 2. The number of anilines is 1. The lowest BCUT2D eigenvalue weighted by atomic mass is 10.0. The van der Waals surface area contributed by atoms with Crippen molar-refractivity contribution in [2.45, 2.75) is 43.2 Å². The molecule has 2 aromatic rings. The second kappa shape index (κ2) is 8.90. The van der Waals surface area contributed by atoms with Gasteiger partial charge in [-0.3, -0.25) is 14.3 Å². The van der Waals surface area contributed by atoms with E-state index in [1.165, 1.54) is 24.1 Å². The van der Waals surface area contributed by atoms with Gasteiger partial charge in [0.05, 0.1) is 11.5 Å². The summed E-state index contributed by atoms with van der Waals surface area (Å²) in [7, 11) is 1.79. The first-order valence-corrected chi connectivity index (χ1v) is 12.3. The summed E-state index contributed by atoms with van der Waals surface area (Å²) >= 11 is 1.41. The summed E-state index contributed by atoms with van der Waals surface area (Å²) in [4.78, 5) is 28.9. The van der Waals surface area contributed by atoms with Gasteiger partial charge in [-0.25, -0.2) is 4.39 Å². The lowest BCUT2D eigenvalue weighted by Crippen LogP contribution is -2.46. The molecule has 0 spiro atoms. The number of rotatable bonds is 3. The van der Waals surface area contributed by atoms with E-state index in [1.54, 1.807) is 24.6 Å². The highest BCUT2D eigenvalue weighted by atomic mass is 32.2. The number of benzene rings is 1. The Kier molecular flexibility index (Phi) is 6.07. The average molecular weight is 489 g/mol. The molecule has 8 nitrogen and oxygen atoms in total. The Morgan fingerprint density at radius 3 is 2.88 bits per heavy atom. The van der Waals surface area contributed by atoms with Gasteiger partial charge in [0.1, 0.15) is 11.4 Å². The zero-order valence-electron chi connectivity index (χ0n) is 19.5. The van der Waals surface area contributed by atoms with E-state index < -0.39 is 5.60 Å². The van der Waals surface area contributed by atoms with E-state index in [0.29, 0.717) is 49.0 Å². The number of hydrogen-bond acceptors (Lipinski definition) is 6. The van der Waals surface area contributed by atoms with Crippen molar-refractivity contribution in [3.8, 4) is 5.75 Å². The van der Waals surface area contributed by atoms with Crippen LogP contribution in [0, 0.1) is 18.7 Å². The van der Waals surface area contributed by atoms with Crippen LogP contribution in [0.15, 0.2) is 29.3 Å². The molecule has 5 rings (SSSR count). The van der Waals surface area contributed by atoms with Crippen molar-refractivity contribution in [1.82, 2.24) is 14.2 Å². The van der Waals surface area contributed by atoms with Gasteiger partial charge in [0.25, 0.3) is 11.8 Å². The smallest absolute Gasteiger partial charge is 0.276 e. The predicted octanol–water partition coefficient (Wildman–Crippen LogP) is 3.11. The van der Waals surface area contributed by atoms with Crippen LogP contribution in [-0.4, -0.2) is 59.2 Å². The zero-order valence-corrected chi connectivity index (χ0v) is 20.3. The number of fused-ring (bicyclic) bond motifs is 2. The molecule has 3 aliphatic rings. The molecule has 2 amide bonds. The van der Waals surface area contributed by atoms with Crippen LogP contribution < -0.4 is 14.8 Å². The van der Waals surface area contributed by atoms with Crippen LogP contribution in [0.5, 0.6) is 5.75 Å². The van der Waals surface area contributed by atoms with Crippen molar-refractivity contribution >= 4 is 29.4 Å². The van der Waals surface area contributed by atoms with Crippen LogP contribution in [0.2, 0.25) is 0 Å². The zero-order chi connectivity index (χ0) is 24.0. The maximum absolute atomic E-state index is 13.6. The Labute approximate surface area is 202 Å². The molecule has 2 N–H and O–H groups in total.